The van der Waals surface area contributed by atoms with Crippen LogP contribution in [0.1, 0.15) is 17.5 Å². The molecule has 23 heavy (non-hydrogen) atoms. The standard InChI is InChI=1S/C18H22BrNO2.ClH/c1-21-11-5-10-20-13-16-12-17(19)8-9-18(16)22-14-15-6-3-2-4-7-15;/h2-4,6-9,12,20H,5,10-11,13-14H2,1H3;1H. The first-order valence-corrected chi connectivity index (χ1v) is 8.23. The summed E-state index contributed by atoms with van der Waals surface area (Å²) in [6, 6.07) is 16.3. The summed E-state index contributed by atoms with van der Waals surface area (Å²) < 4.78 is 12.1. The van der Waals surface area contributed by atoms with Crippen LogP contribution in [0.2, 0.25) is 0 Å². The van der Waals surface area contributed by atoms with Crippen LogP contribution >= 0.6 is 28.3 Å². The van der Waals surface area contributed by atoms with Gasteiger partial charge in [0.25, 0.3) is 0 Å². The Labute approximate surface area is 152 Å². The van der Waals surface area contributed by atoms with Crippen molar-refractivity contribution in [3.63, 3.8) is 0 Å². The van der Waals surface area contributed by atoms with Crippen LogP contribution in [0, 0.1) is 0 Å². The van der Waals surface area contributed by atoms with Gasteiger partial charge in [-0.15, -0.1) is 12.4 Å². The molecule has 3 nitrogen and oxygen atoms in total. The van der Waals surface area contributed by atoms with Crippen molar-refractivity contribution >= 4 is 28.3 Å². The zero-order valence-electron chi connectivity index (χ0n) is 13.3. The molecule has 0 radical (unpaired) electrons. The molecule has 0 saturated heterocycles. The largest absolute Gasteiger partial charge is 0.489 e. The van der Waals surface area contributed by atoms with Gasteiger partial charge in [-0.1, -0.05) is 46.3 Å². The average Bonchev–Trinajstić information content (AvgIpc) is 2.55. The molecule has 0 saturated carbocycles. The maximum absolute atomic E-state index is 5.97. The van der Waals surface area contributed by atoms with E-state index in [0.29, 0.717) is 6.61 Å². The van der Waals surface area contributed by atoms with E-state index in [1.165, 1.54) is 5.56 Å². The number of halogens is 2. The molecule has 0 unspecified atom stereocenters. The molecule has 0 aliphatic heterocycles. The molecular formula is C18H23BrClNO2. The maximum Gasteiger partial charge on any atom is 0.124 e. The van der Waals surface area contributed by atoms with E-state index in [1.807, 2.05) is 30.3 Å². The summed E-state index contributed by atoms with van der Waals surface area (Å²) in [5.41, 5.74) is 2.33. The Bertz CT molecular complexity index is 566. The lowest BCUT2D eigenvalue weighted by Gasteiger charge is -2.13. The van der Waals surface area contributed by atoms with Crippen molar-refractivity contribution in [1.29, 1.82) is 0 Å². The van der Waals surface area contributed by atoms with Crippen LogP contribution in [-0.2, 0) is 17.9 Å². The minimum Gasteiger partial charge on any atom is -0.489 e. The number of methoxy groups -OCH3 is 1. The molecule has 0 aliphatic carbocycles. The Morgan fingerprint density at radius 2 is 1.87 bits per heavy atom. The van der Waals surface area contributed by atoms with E-state index in [1.54, 1.807) is 7.11 Å². The topological polar surface area (TPSA) is 30.5 Å². The van der Waals surface area contributed by atoms with Crippen molar-refractivity contribution in [2.24, 2.45) is 0 Å². The van der Waals surface area contributed by atoms with E-state index in [4.69, 9.17) is 9.47 Å². The summed E-state index contributed by atoms with van der Waals surface area (Å²) in [6.07, 6.45) is 1.00. The lowest BCUT2D eigenvalue weighted by molar-refractivity contribution is 0.194. The zero-order chi connectivity index (χ0) is 15.6. The quantitative estimate of drug-likeness (QED) is 0.625. The minimum absolute atomic E-state index is 0. The summed E-state index contributed by atoms with van der Waals surface area (Å²) in [5.74, 6) is 0.922. The Morgan fingerprint density at radius 1 is 1.09 bits per heavy atom. The molecule has 0 aromatic heterocycles. The molecule has 5 heteroatoms. The van der Waals surface area contributed by atoms with Gasteiger partial charge < -0.3 is 14.8 Å². The molecule has 2 aromatic carbocycles. The van der Waals surface area contributed by atoms with Crippen LogP contribution in [0.4, 0.5) is 0 Å². The fourth-order valence-electron chi connectivity index (χ4n) is 2.13. The van der Waals surface area contributed by atoms with Gasteiger partial charge in [0.2, 0.25) is 0 Å². The third kappa shape index (κ3) is 7.36. The zero-order valence-corrected chi connectivity index (χ0v) is 15.7. The Morgan fingerprint density at radius 3 is 2.61 bits per heavy atom. The molecule has 0 spiro atoms. The molecule has 126 valence electrons. The van der Waals surface area contributed by atoms with Crippen LogP contribution in [0.25, 0.3) is 0 Å². The monoisotopic (exact) mass is 399 g/mol. The highest BCUT2D eigenvalue weighted by molar-refractivity contribution is 9.10. The van der Waals surface area contributed by atoms with E-state index in [0.717, 1.165) is 41.9 Å². The van der Waals surface area contributed by atoms with E-state index >= 15 is 0 Å². The molecule has 0 amide bonds. The van der Waals surface area contributed by atoms with Gasteiger partial charge in [-0.2, -0.15) is 0 Å². The highest BCUT2D eigenvalue weighted by Gasteiger charge is 2.05. The summed E-state index contributed by atoms with van der Waals surface area (Å²) in [6.45, 7) is 3.08. The second-order valence-electron chi connectivity index (χ2n) is 5.05. The number of ether oxygens (including phenoxy) is 2. The second kappa shape index (κ2) is 11.5. The SMILES string of the molecule is COCCCNCc1cc(Br)ccc1OCc1ccccc1.Cl. The first-order valence-electron chi connectivity index (χ1n) is 7.44. The lowest BCUT2D eigenvalue weighted by atomic mass is 10.2. The van der Waals surface area contributed by atoms with Gasteiger partial charge in [-0.05, 0) is 36.7 Å². The van der Waals surface area contributed by atoms with Crippen molar-refractivity contribution < 1.29 is 9.47 Å². The number of nitrogens with one attached hydrogen (secondary N) is 1. The van der Waals surface area contributed by atoms with Gasteiger partial charge in [0, 0.05) is 30.3 Å². The molecule has 2 rings (SSSR count). The van der Waals surface area contributed by atoms with Gasteiger partial charge in [-0.3, -0.25) is 0 Å². The van der Waals surface area contributed by atoms with Crippen molar-refractivity contribution in [3.8, 4) is 5.75 Å². The average molecular weight is 401 g/mol. The van der Waals surface area contributed by atoms with Gasteiger partial charge in [0.1, 0.15) is 12.4 Å². The van der Waals surface area contributed by atoms with E-state index in [9.17, 15) is 0 Å². The number of hydrogen-bond donors (Lipinski definition) is 1. The third-order valence-electron chi connectivity index (χ3n) is 3.28. The molecule has 0 heterocycles. The van der Waals surface area contributed by atoms with Gasteiger partial charge in [0.15, 0.2) is 0 Å². The molecule has 0 fully saturated rings. The molecule has 0 aliphatic rings. The molecular weight excluding hydrogens is 378 g/mol. The van der Waals surface area contributed by atoms with Crippen LogP contribution in [0.15, 0.2) is 53.0 Å². The van der Waals surface area contributed by atoms with Crippen molar-refractivity contribution in [2.45, 2.75) is 19.6 Å². The number of hydrogen-bond acceptors (Lipinski definition) is 3. The Kier molecular flexibility index (Phi) is 9.96. The van der Waals surface area contributed by atoms with Gasteiger partial charge in [0.05, 0.1) is 0 Å². The fourth-order valence-corrected chi connectivity index (χ4v) is 2.54. The van der Waals surface area contributed by atoms with Crippen LogP contribution in [0.3, 0.4) is 0 Å². The highest BCUT2D eigenvalue weighted by Crippen LogP contribution is 2.24. The second-order valence-corrected chi connectivity index (χ2v) is 5.97. The van der Waals surface area contributed by atoms with Crippen molar-refractivity contribution in [2.75, 3.05) is 20.3 Å². The predicted molar refractivity (Wildman–Crippen MR) is 100 cm³/mol. The Balaban J connectivity index is 0.00000264. The highest BCUT2D eigenvalue weighted by atomic mass is 79.9. The summed E-state index contributed by atoms with van der Waals surface area (Å²) in [5, 5.41) is 3.42. The summed E-state index contributed by atoms with van der Waals surface area (Å²) in [4.78, 5) is 0. The minimum atomic E-state index is 0. The Hall–Kier alpha value is -1.07. The maximum atomic E-state index is 5.97. The summed E-state index contributed by atoms with van der Waals surface area (Å²) in [7, 11) is 1.73. The van der Waals surface area contributed by atoms with Crippen LogP contribution in [-0.4, -0.2) is 20.3 Å². The number of rotatable bonds is 9. The van der Waals surface area contributed by atoms with Gasteiger partial charge >= 0.3 is 0 Å². The predicted octanol–water partition coefficient (Wildman–Crippen LogP) is 4.58. The van der Waals surface area contributed by atoms with Crippen molar-refractivity contribution in [3.05, 3.63) is 64.1 Å². The molecule has 1 N–H and O–H groups in total. The summed E-state index contributed by atoms with van der Waals surface area (Å²) >= 11 is 3.52. The first kappa shape index (κ1) is 20.0. The van der Waals surface area contributed by atoms with Crippen LogP contribution in [0.5, 0.6) is 5.75 Å². The molecule has 0 atom stereocenters. The smallest absolute Gasteiger partial charge is 0.124 e. The molecule has 2 aromatic rings. The lowest BCUT2D eigenvalue weighted by Crippen LogP contribution is -2.16. The van der Waals surface area contributed by atoms with E-state index in [-0.39, 0.29) is 12.4 Å². The van der Waals surface area contributed by atoms with E-state index in [2.05, 4.69) is 39.4 Å². The van der Waals surface area contributed by atoms with Crippen molar-refractivity contribution in [1.82, 2.24) is 5.32 Å². The van der Waals surface area contributed by atoms with Crippen LogP contribution < -0.4 is 10.1 Å². The molecule has 0 bridgehead atoms. The normalized spacial score (nSPS) is 10.2. The first-order chi connectivity index (χ1) is 10.8. The van der Waals surface area contributed by atoms with Gasteiger partial charge in [-0.25, -0.2) is 0 Å². The number of benzene rings is 2. The van der Waals surface area contributed by atoms with E-state index < -0.39 is 0 Å². The third-order valence-corrected chi connectivity index (χ3v) is 3.77. The fraction of sp³-hybridized carbons (Fsp3) is 0.333.